The SMILES string of the molecule is Cl.Cl.NCCCC(=O)NCC(=O)N1CCN(Cc2ccccc2)CC1. The van der Waals surface area contributed by atoms with E-state index in [0.717, 1.165) is 19.6 Å². The maximum Gasteiger partial charge on any atom is 0.242 e. The molecule has 0 aromatic heterocycles. The van der Waals surface area contributed by atoms with E-state index < -0.39 is 0 Å². The van der Waals surface area contributed by atoms with Crippen LogP contribution in [0.15, 0.2) is 30.3 Å². The normalized spacial score (nSPS) is 14.2. The predicted octanol–water partition coefficient (Wildman–Crippen LogP) is 1.03. The van der Waals surface area contributed by atoms with Gasteiger partial charge in [-0.3, -0.25) is 14.5 Å². The molecule has 1 aromatic carbocycles. The second-order valence-electron chi connectivity index (χ2n) is 5.81. The number of benzene rings is 1. The van der Waals surface area contributed by atoms with Crippen molar-refractivity contribution in [1.82, 2.24) is 15.1 Å². The van der Waals surface area contributed by atoms with Gasteiger partial charge in [0.05, 0.1) is 6.54 Å². The van der Waals surface area contributed by atoms with Crippen LogP contribution < -0.4 is 11.1 Å². The van der Waals surface area contributed by atoms with E-state index in [1.807, 2.05) is 23.1 Å². The van der Waals surface area contributed by atoms with Gasteiger partial charge in [0.15, 0.2) is 0 Å². The zero-order valence-corrected chi connectivity index (χ0v) is 16.0. The number of amides is 2. The van der Waals surface area contributed by atoms with Crippen LogP contribution in [0.1, 0.15) is 18.4 Å². The molecule has 0 saturated carbocycles. The van der Waals surface area contributed by atoms with Gasteiger partial charge in [-0.25, -0.2) is 0 Å². The van der Waals surface area contributed by atoms with Crippen molar-refractivity contribution in [3.8, 4) is 0 Å². The number of piperazine rings is 1. The Labute approximate surface area is 161 Å². The number of nitrogens with two attached hydrogens (primary N) is 1. The summed E-state index contributed by atoms with van der Waals surface area (Å²) in [7, 11) is 0. The number of nitrogens with one attached hydrogen (secondary N) is 1. The van der Waals surface area contributed by atoms with Crippen molar-refractivity contribution in [1.29, 1.82) is 0 Å². The van der Waals surface area contributed by atoms with Gasteiger partial charge in [-0.2, -0.15) is 0 Å². The molecule has 6 nitrogen and oxygen atoms in total. The second kappa shape index (κ2) is 12.9. The fourth-order valence-corrected chi connectivity index (χ4v) is 2.63. The molecule has 1 aromatic rings. The first-order valence-corrected chi connectivity index (χ1v) is 8.20. The van der Waals surface area contributed by atoms with E-state index in [9.17, 15) is 9.59 Å². The summed E-state index contributed by atoms with van der Waals surface area (Å²) in [6.07, 6.45) is 1.03. The van der Waals surface area contributed by atoms with Crippen LogP contribution >= 0.6 is 24.8 Å². The van der Waals surface area contributed by atoms with Crippen LogP contribution in [-0.4, -0.2) is 60.9 Å². The van der Waals surface area contributed by atoms with Crippen molar-refractivity contribution >= 4 is 36.6 Å². The molecule has 0 aliphatic carbocycles. The average molecular weight is 391 g/mol. The maximum absolute atomic E-state index is 12.1. The van der Waals surface area contributed by atoms with Gasteiger partial charge in [-0.05, 0) is 18.5 Å². The average Bonchev–Trinajstić information content (AvgIpc) is 2.59. The first kappa shape index (κ1) is 23.7. The van der Waals surface area contributed by atoms with Gasteiger partial charge in [0.25, 0.3) is 0 Å². The van der Waals surface area contributed by atoms with Crippen molar-refractivity contribution in [2.75, 3.05) is 39.3 Å². The Hall–Kier alpha value is -1.34. The lowest BCUT2D eigenvalue weighted by Gasteiger charge is -2.34. The Morgan fingerprint density at radius 2 is 1.68 bits per heavy atom. The van der Waals surface area contributed by atoms with Gasteiger partial charge in [0.2, 0.25) is 11.8 Å². The van der Waals surface area contributed by atoms with E-state index >= 15 is 0 Å². The fourth-order valence-electron chi connectivity index (χ4n) is 2.63. The molecule has 1 aliphatic rings. The summed E-state index contributed by atoms with van der Waals surface area (Å²) < 4.78 is 0. The van der Waals surface area contributed by atoms with Crippen molar-refractivity contribution in [3.63, 3.8) is 0 Å². The van der Waals surface area contributed by atoms with Gasteiger partial charge in [0, 0.05) is 39.1 Å². The molecule has 1 fully saturated rings. The molecule has 0 spiro atoms. The minimum Gasteiger partial charge on any atom is -0.347 e. The predicted molar refractivity (Wildman–Crippen MR) is 104 cm³/mol. The molecule has 1 saturated heterocycles. The van der Waals surface area contributed by atoms with Crippen LogP contribution in [0.25, 0.3) is 0 Å². The first-order chi connectivity index (χ1) is 11.2. The number of nitrogens with zero attached hydrogens (tertiary/aromatic N) is 2. The van der Waals surface area contributed by atoms with Crippen molar-refractivity contribution in [2.45, 2.75) is 19.4 Å². The molecular weight excluding hydrogens is 363 g/mol. The summed E-state index contributed by atoms with van der Waals surface area (Å²) in [6, 6.07) is 10.3. The molecule has 0 radical (unpaired) electrons. The lowest BCUT2D eigenvalue weighted by Crippen LogP contribution is -2.50. The molecule has 0 bridgehead atoms. The molecule has 3 N–H and O–H groups in total. The number of carbonyl (C=O) groups excluding carboxylic acids is 2. The van der Waals surface area contributed by atoms with Crippen molar-refractivity contribution in [3.05, 3.63) is 35.9 Å². The van der Waals surface area contributed by atoms with Crippen LogP contribution in [0.2, 0.25) is 0 Å². The van der Waals surface area contributed by atoms with E-state index in [1.54, 1.807) is 0 Å². The molecule has 0 unspecified atom stereocenters. The fraction of sp³-hybridized carbons (Fsp3) is 0.529. The van der Waals surface area contributed by atoms with E-state index in [0.29, 0.717) is 32.5 Å². The van der Waals surface area contributed by atoms with Crippen LogP contribution in [0.4, 0.5) is 0 Å². The number of hydrogen-bond acceptors (Lipinski definition) is 4. The molecule has 2 amide bonds. The highest BCUT2D eigenvalue weighted by molar-refractivity contribution is 5.86. The summed E-state index contributed by atoms with van der Waals surface area (Å²) >= 11 is 0. The Morgan fingerprint density at radius 1 is 1.04 bits per heavy atom. The van der Waals surface area contributed by atoms with Gasteiger partial charge in [-0.1, -0.05) is 30.3 Å². The van der Waals surface area contributed by atoms with Gasteiger partial charge in [0.1, 0.15) is 0 Å². The van der Waals surface area contributed by atoms with Crippen molar-refractivity contribution < 1.29 is 9.59 Å². The molecule has 142 valence electrons. The highest BCUT2D eigenvalue weighted by atomic mass is 35.5. The molecule has 2 rings (SSSR count). The molecule has 8 heteroatoms. The van der Waals surface area contributed by atoms with Gasteiger partial charge >= 0.3 is 0 Å². The standard InChI is InChI=1S/C17H26N4O2.2ClH/c18-8-4-7-16(22)19-13-17(23)21-11-9-20(10-12-21)14-15-5-2-1-3-6-15;;/h1-3,5-6H,4,7-14,18H2,(H,19,22);2*1H. The Morgan fingerprint density at radius 3 is 2.28 bits per heavy atom. The summed E-state index contributed by atoms with van der Waals surface area (Å²) in [5, 5.41) is 2.67. The molecule has 25 heavy (non-hydrogen) atoms. The molecule has 0 atom stereocenters. The maximum atomic E-state index is 12.1. The highest BCUT2D eigenvalue weighted by Crippen LogP contribution is 2.08. The molecule has 1 heterocycles. The lowest BCUT2D eigenvalue weighted by molar-refractivity contribution is -0.134. The highest BCUT2D eigenvalue weighted by Gasteiger charge is 2.21. The minimum atomic E-state index is -0.105. The van der Waals surface area contributed by atoms with Gasteiger partial charge in [-0.15, -0.1) is 24.8 Å². The van der Waals surface area contributed by atoms with E-state index in [1.165, 1.54) is 5.56 Å². The van der Waals surface area contributed by atoms with Crippen molar-refractivity contribution in [2.24, 2.45) is 5.73 Å². The summed E-state index contributed by atoms with van der Waals surface area (Å²) in [5.41, 5.74) is 6.65. The Bertz CT molecular complexity index is 509. The lowest BCUT2D eigenvalue weighted by atomic mass is 10.2. The zero-order valence-electron chi connectivity index (χ0n) is 14.4. The van der Waals surface area contributed by atoms with E-state index in [4.69, 9.17) is 5.73 Å². The van der Waals surface area contributed by atoms with Crippen LogP contribution in [-0.2, 0) is 16.1 Å². The van der Waals surface area contributed by atoms with E-state index in [2.05, 4.69) is 22.3 Å². The van der Waals surface area contributed by atoms with Crippen LogP contribution in [0, 0.1) is 0 Å². The topological polar surface area (TPSA) is 78.7 Å². The van der Waals surface area contributed by atoms with Crippen LogP contribution in [0.5, 0.6) is 0 Å². The summed E-state index contributed by atoms with van der Waals surface area (Å²) in [6.45, 7) is 4.64. The smallest absolute Gasteiger partial charge is 0.242 e. The number of hydrogen-bond donors (Lipinski definition) is 2. The quantitative estimate of drug-likeness (QED) is 0.728. The first-order valence-electron chi connectivity index (χ1n) is 8.20. The largest absolute Gasteiger partial charge is 0.347 e. The van der Waals surface area contributed by atoms with Gasteiger partial charge < -0.3 is 16.0 Å². The second-order valence-corrected chi connectivity index (χ2v) is 5.81. The number of rotatable bonds is 7. The molecular formula is C17H28Cl2N4O2. The third kappa shape index (κ3) is 8.54. The summed E-state index contributed by atoms with van der Waals surface area (Å²) in [4.78, 5) is 27.8. The van der Waals surface area contributed by atoms with Crippen LogP contribution in [0.3, 0.4) is 0 Å². The zero-order chi connectivity index (χ0) is 16.5. The number of carbonyl (C=O) groups is 2. The summed E-state index contributed by atoms with van der Waals surface area (Å²) in [5.74, 6) is -0.114. The van der Waals surface area contributed by atoms with E-state index in [-0.39, 0.29) is 43.2 Å². The monoisotopic (exact) mass is 390 g/mol. The Balaban J connectivity index is 0.00000288. The Kier molecular flexibility index (Phi) is 12.2. The number of halogens is 2. The third-order valence-electron chi connectivity index (χ3n) is 4.02. The third-order valence-corrected chi connectivity index (χ3v) is 4.02. The minimum absolute atomic E-state index is 0. The molecule has 1 aliphatic heterocycles.